The van der Waals surface area contributed by atoms with Crippen LogP contribution in [-0.2, 0) is 41.8 Å². The van der Waals surface area contributed by atoms with E-state index in [2.05, 4.69) is 5.32 Å². The van der Waals surface area contributed by atoms with Crippen molar-refractivity contribution in [3.05, 3.63) is 71.8 Å². The van der Waals surface area contributed by atoms with Gasteiger partial charge in [0.25, 0.3) is 0 Å². The van der Waals surface area contributed by atoms with Crippen LogP contribution in [0.1, 0.15) is 51.7 Å². The molecule has 0 spiro atoms. The molecule has 10 heteroatoms. The lowest BCUT2D eigenvalue weighted by atomic mass is 10.1. The molecular formula is C27H36N2O8. The van der Waals surface area contributed by atoms with Gasteiger partial charge >= 0.3 is 24.0 Å². The minimum absolute atomic E-state index is 0.0778. The number of nitrogens with two attached hydrogens (primary N) is 1. The van der Waals surface area contributed by atoms with Crippen LogP contribution in [0, 0.1) is 0 Å². The maximum absolute atomic E-state index is 11.8. The first-order valence-electron chi connectivity index (χ1n) is 11.8. The fourth-order valence-corrected chi connectivity index (χ4v) is 2.58. The normalized spacial score (nSPS) is 12.1. The van der Waals surface area contributed by atoms with Gasteiger partial charge in [-0.25, -0.2) is 4.79 Å². The first-order chi connectivity index (χ1) is 17.4. The fraction of sp³-hybridized carbons (Fsp3) is 0.407. The number of hydrogen-bond donors (Lipinski definition) is 3. The number of aliphatic carboxylic acids is 1. The molecule has 2 atom stereocenters. The Morgan fingerprint density at radius 2 is 1.38 bits per heavy atom. The molecule has 202 valence electrons. The predicted molar refractivity (Wildman–Crippen MR) is 136 cm³/mol. The Hall–Kier alpha value is -3.92. The summed E-state index contributed by atoms with van der Waals surface area (Å²) in [6.07, 6.45) is -0.447. The molecule has 0 radical (unpaired) electrons. The Labute approximate surface area is 217 Å². The van der Waals surface area contributed by atoms with Crippen molar-refractivity contribution in [2.45, 2.75) is 71.4 Å². The van der Waals surface area contributed by atoms with Crippen LogP contribution in [0.2, 0.25) is 0 Å². The summed E-state index contributed by atoms with van der Waals surface area (Å²) in [6.45, 7) is 6.87. The molecule has 0 aliphatic heterocycles. The highest BCUT2D eigenvalue weighted by atomic mass is 16.6. The highest BCUT2D eigenvalue weighted by Crippen LogP contribution is 2.07. The summed E-state index contributed by atoms with van der Waals surface area (Å²) in [5.41, 5.74) is 6.95. The molecule has 37 heavy (non-hydrogen) atoms. The molecule has 4 N–H and O–H groups in total. The molecule has 2 unspecified atom stereocenters. The van der Waals surface area contributed by atoms with E-state index in [1.807, 2.05) is 60.7 Å². The van der Waals surface area contributed by atoms with Crippen LogP contribution in [0.25, 0.3) is 0 Å². The second kappa shape index (κ2) is 15.9. The lowest BCUT2D eigenvalue weighted by Crippen LogP contribution is -2.41. The highest BCUT2D eigenvalue weighted by molar-refractivity contribution is 5.79. The van der Waals surface area contributed by atoms with E-state index in [1.54, 1.807) is 20.8 Å². The molecule has 2 aromatic carbocycles. The zero-order chi connectivity index (χ0) is 27.8. The fourth-order valence-electron chi connectivity index (χ4n) is 2.58. The van der Waals surface area contributed by atoms with Gasteiger partial charge in [-0.3, -0.25) is 14.4 Å². The van der Waals surface area contributed by atoms with Crippen molar-refractivity contribution in [2.24, 2.45) is 5.73 Å². The maximum atomic E-state index is 11.8. The summed E-state index contributed by atoms with van der Waals surface area (Å²) in [5.74, 6) is -1.99. The molecule has 0 heterocycles. The first kappa shape index (κ1) is 31.1. The third-order valence-electron chi connectivity index (χ3n) is 4.53. The molecule has 0 aromatic heterocycles. The zero-order valence-electron chi connectivity index (χ0n) is 21.6. The van der Waals surface area contributed by atoms with Crippen molar-refractivity contribution in [1.29, 1.82) is 0 Å². The number of carbonyl (C=O) groups is 4. The third kappa shape index (κ3) is 14.9. The average molecular weight is 517 g/mol. The van der Waals surface area contributed by atoms with Gasteiger partial charge in [0.2, 0.25) is 0 Å². The number of esters is 2. The number of nitrogens with one attached hydrogen (secondary N) is 1. The van der Waals surface area contributed by atoms with Gasteiger partial charge in [0.05, 0.1) is 0 Å². The maximum Gasteiger partial charge on any atom is 0.408 e. The lowest BCUT2D eigenvalue weighted by molar-refractivity contribution is -0.148. The van der Waals surface area contributed by atoms with Crippen molar-refractivity contribution in [1.82, 2.24) is 5.32 Å². The highest BCUT2D eigenvalue weighted by Gasteiger charge is 2.20. The summed E-state index contributed by atoms with van der Waals surface area (Å²) in [7, 11) is 0. The standard InChI is InChI=1S/C19H21NO4.C8H15NO4/c20-17(19(22)24-14-16-9-5-2-6-10-16)11-12-18(21)23-13-15-7-3-1-4-8-15;1-5(6(10)11)9-7(12)13-8(2,3)4/h1-10,17H,11-14,20H2;5H,1-4H3,(H,9,12)(H,10,11). The van der Waals surface area contributed by atoms with Crippen LogP contribution in [-0.4, -0.2) is 46.8 Å². The number of hydrogen-bond acceptors (Lipinski definition) is 8. The van der Waals surface area contributed by atoms with E-state index < -0.39 is 35.7 Å². The van der Waals surface area contributed by atoms with E-state index in [-0.39, 0.29) is 32.0 Å². The lowest BCUT2D eigenvalue weighted by Gasteiger charge is -2.20. The number of ether oxygens (including phenoxy) is 3. The number of rotatable bonds is 10. The molecular weight excluding hydrogens is 480 g/mol. The van der Waals surface area contributed by atoms with Gasteiger partial charge in [0.1, 0.15) is 30.9 Å². The van der Waals surface area contributed by atoms with Crippen molar-refractivity contribution in [3.8, 4) is 0 Å². The molecule has 2 aromatic rings. The number of amides is 1. The molecule has 0 fully saturated rings. The quantitative estimate of drug-likeness (QED) is 0.317. The number of alkyl carbamates (subject to hydrolysis) is 1. The van der Waals surface area contributed by atoms with Gasteiger partial charge in [0, 0.05) is 6.42 Å². The topological polar surface area (TPSA) is 154 Å². The second-order valence-corrected chi connectivity index (χ2v) is 9.09. The Morgan fingerprint density at radius 3 is 1.84 bits per heavy atom. The number of benzene rings is 2. The van der Waals surface area contributed by atoms with E-state index in [4.69, 9.17) is 25.1 Å². The van der Waals surface area contributed by atoms with E-state index >= 15 is 0 Å². The Kier molecular flexibility index (Phi) is 13.4. The van der Waals surface area contributed by atoms with Crippen LogP contribution in [0.3, 0.4) is 0 Å². The van der Waals surface area contributed by atoms with E-state index in [0.717, 1.165) is 11.1 Å². The summed E-state index contributed by atoms with van der Waals surface area (Å²) in [4.78, 5) is 44.8. The van der Waals surface area contributed by atoms with Crippen molar-refractivity contribution < 1.29 is 38.5 Å². The van der Waals surface area contributed by atoms with Gasteiger partial charge in [-0.1, -0.05) is 60.7 Å². The summed E-state index contributed by atoms with van der Waals surface area (Å²) < 4.78 is 15.1. The Balaban J connectivity index is 0.000000448. The van der Waals surface area contributed by atoms with Crippen molar-refractivity contribution in [2.75, 3.05) is 0 Å². The van der Waals surface area contributed by atoms with Crippen LogP contribution >= 0.6 is 0 Å². The number of carboxylic acid groups (broad SMARTS) is 1. The van der Waals surface area contributed by atoms with E-state index in [1.165, 1.54) is 6.92 Å². The van der Waals surface area contributed by atoms with Crippen LogP contribution in [0.15, 0.2) is 60.7 Å². The number of carbonyl (C=O) groups excluding carboxylic acids is 3. The van der Waals surface area contributed by atoms with Gasteiger partial charge in [-0.15, -0.1) is 0 Å². The molecule has 1 amide bonds. The molecule has 0 aliphatic rings. The Bertz CT molecular complexity index is 990. The third-order valence-corrected chi connectivity index (χ3v) is 4.53. The van der Waals surface area contributed by atoms with Crippen LogP contribution < -0.4 is 11.1 Å². The SMILES string of the molecule is CC(NC(=O)OC(C)(C)C)C(=O)O.NC(CCC(=O)OCc1ccccc1)C(=O)OCc1ccccc1. The van der Waals surface area contributed by atoms with Gasteiger partial charge < -0.3 is 30.4 Å². The number of carboxylic acids is 1. The van der Waals surface area contributed by atoms with E-state index in [0.29, 0.717) is 0 Å². The van der Waals surface area contributed by atoms with Crippen LogP contribution in [0.5, 0.6) is 0 Å². The smallest absolute Gasteiger partial charge is 0.408 e. The van der Waals surface area contributed by atoms with E-state index in [9.17, 15) is 19.2 Å². The zero-order valence-corrected chi connectivity index (χ0v) is 21.6. The molecule has 0 aliphatic carbocycles. The predicted octanol–water partition coefficient (Wildman–Crippen LogP) is 3.56. The summed E-state index contributed by atoms with van der Waals surface area (Å²) in [5, 5.41) is 10.6. The van der Waals surface area contributed by atoms with Crippen molar-refractivity contribution >= 4 is 24.0 Å². The molecule has 2 rings (SSSR count). The summed E-state index contributed by atoms with van der Waals surface area (Å²) in [6, 6.07) is 17.0. The second-order valence-electron chi connectivity index (χ2n) is 9.09. The molecule has 0 bridgehead atoms. The molecule has 0 saturated carbocycles. The summed E-state index contributed by atoms with van der Waals surface area (Å²) >= 11 is 0. The van der Waals surface area contributed by atoms with Gasteiger partial charge in [-0.2, -0.15) is 0 Å². The minimum Gasteiger partial charge on any atom is -0.480 e. The Morgan fingerprint density at radius 1 is 0.892 bits per heavy atom. The largest absolute Gasteiger partial charge is 0.480 e. The minimum atomic E-state index is -1.09. The first-order valence-corrected chi connectivity index (χ1v) is 11.8. The molecule has 0 saturated heterocycles. The van der Waals surface area contributed by atoms with Crippen LogP contribution in [0.4, 0.5) is 4.79 Å². The average Bonchev–Trinajstić information content (AvgIpc) is 2.85. The monoisotopic (exact) mass is 516 g/mol. The molecule has 10 nitrogen and oxygen atoms in total. The van der Waals surface area contributed by atoms with Gasteiger partial charge in [0.15, 0.2) is 0 Å². The van der Waals surface area contributed by atoms with Gasteiger partial charge in [-0.05, 0) is 45.2 Å². The van der Waals surface area contributed by atoms with Crippen molar-refractivity contribution in [3.63, 3.8) is 0 Å².